The fraction of sp³-hybridized carbons (Fsp3) is 0.222. The second-order valence-corrected chi connectivity index (χ2v) is 2.32. The van der Waals surface area contributed by atoms with Crippen molar-refractivity contribution in [2.45, 2.75) is 6.92 Å². The largest absolute Gasteiger partial charge is 0.280 e. The van der Waals surface area contributed by atoms with Gasteiger partial charge in [-0.05, 0) is 31.2 Å². The summed E-state index contributed by atoms with van der Waals surface area (Å²) in [4.78, 5) is 1.49. The third kappa shape index (κ3) is 1.73. The van der Waals surface area contributed by atoms with E-state index in [0.29, 0.717) is 6.54 Å². The van der Waals surface area contributed by atoms with Gasteiger partial charge in [0.25, 0.3) is 0 Å². The number of nitrogens with zero attached hydrogens (tertiary/aromatic N) is 2. The van der Waals surface area contributed by atoms with E-state index in [9.17, 15) is 4.39 Å². The van der Waals surface area contributed by atoms with Crippen LogP contribution in [0.1, 0.15) is 6.92 Å². The monoisotopic (exact) mass is 164 g/mol. The summed E-state index contributed by atoms with van der Waals surface area (Å²) < 4.78 is 12.5. The van der Waals surface area contributed by atoms with E-state index in [-0.39, 0.29) is 5.82 Å². The van der Waals surface area contributed by atoms with E-state index >= 15 is 0 Å². The Morgan fingerprint density at radius 3 is 2.42 bits per heavy atom. The third-order valence-electron chi connectivity index (χ3n) is 1.58. The van der Waals surface area contributed by atoms with E-state index in [1.54, 1.807) is 12.1 Å². The second kappa shape index (κ2) is 3.72. The first-order valence-corrected chi connectivity index (χ1v) is 3.70. The summed E-state index contributed by atoms with van der Waals surface area (Å²) in [6.07, 6.45) is 2.00. The highest BCUT2D eigenvalue weighted by Crippen LogP contribution is 2.12. The van der Waals surface area contributed by atoms with Crippen molar-refractivity contribution < 1.29 is 4.39 Å². The lowest BCUT2D eigenvalue weighted by molar-refractivity contribution is 0.628. The van der Waals surface area contributed by atoms with Gasteiger partial charge in [0.1, 0.15) is 5.82 Å². The summed E-state index contributed by atoms with van der Waals surface area (Å²) >= 11 is 0. The zero-order valence-corrected chi connectivity index (χ0v) is 6.79. The zero-order valence-electron chi connectivity index (χ0n) is 6.79. The van der Waals surface area contributed by atoms with E-state index in [1.807, 2.05) is 13.1 Å². The van der Waals surface area contributed by atoms with Crippen LogP contribution < -0.4 is 4.90 Å². The number of nitriles is 1. The maximum Gasteiger partial charge on any atom is 0.184 e. The van der Waals surface area contributed by atoms with Gasteiger partial charge >= 0.3 is 0 Å². The van der Waals surface area contributed by atoms with E-state index < -0.39 is 0 Å². The molecule has 0 spiro atoms. The van der Waals surface area contributed by atoms with Crippen LogP contribution in [0.4, 0.5) is 10.1 Å². The van der Waals surface area contributed by atoms with Crippen molar-refractivity contribution in [3.05, 3.63) is 30.1 Å². The summed E-state index contributed by atoms with van der Waals surface area (Å²) in [7, 11) is 0. The minimum atomic E-state index is -0.284. The Balaban J connectivity index is 2.89. The van der Waals surface area contributed by atoms with Crippen LogP contribution in [0.2, 0.25) is 0 Å². The molecule has 0 saturated carbocycles. The first kappa shape index (κ1) is 8.54. The number of anilines is 1. The summed E-state index contributed by atoms with van der Waals surface area (Å²) in [5.74, 6) is -0.284. The predicted molar refractivity (Wildman–Crippen MR) is 45.0 cm³/mol. The molecule has 0 radical (unpaired) electrons. The van der Waals surface area contributed by atoms with Gasteiger partial charge < -0.3 is 0 Å². The third-order valence-corrected chi connectivity index (χ3v) is 1.58. The Morgan fingerprint density at radius 2 is 2.00 bits per heavy atom. The van der Waals surface area contributed by atoms with Gasteiger partial charge in [-0.3, -0.25) is 4.90 Å². The SMILES string of the molecule is CCN(C#N)c1ccc(F)cc1. The van der Waals surface area contributed by atoms with Gasteiger partial charge in [0.15, 0.2) is 6.19 Å². The number of hydrogen-bond acceptors (Lipinski definition) is 2. The number of hydrogen-bond donors (Lipinski definition) is 0. The van der Waals surface area contributed by atoms with Crippen LogP contribution in [-0.4, -0.2) is 6.54 Å². The molecule has 0 atom stereocenters. The summed E-state index contributed by atoms with van der Waals surface area (Å²) in [5, 5.41) is 8.63. The molecule has 0 fully saturated rings. The van der Waals surface area contributed by atoms with Crippen molar-refractivity contribution >= 4 is 5.69 Å². The lowest BCUT2D eigenvalue weighted by Gasteiger charge is -2.11. The molecule has 0 N–H and O–H groups in total. The number of halogens is 1. The minimum Gasteiger partial charge on any atom is -0.280 e. The molecule has 0 amide bonds. The van der Waals surface area contributed by atoms with Crippen molar-refractivity contribution in [3.63, 3.8) is 0 Å². The molecule has 3 heteroatoms. The molecule has 1 aromatic carbocycles. The van der Waals surface area contributed by atoms with E-state index in [0.717, 1.165) is 5.69 Å². The second-order valence-electron chi connectivity index (χ2n) is 2.32. The smallest absolute Gasteiger partial charge is 0.184 e. The van der Waals surface area contributed by atoms with Gasteiger partial charge in [-0.2, -0.15) is 5.26 Å². The summed E-state index contributed by atoms with van der Waals surface area (Å²) in [6, 6.07) is 5.86. The van der Waals surface area contributed by atoms with Crippen molar-refractivity contribution in [1.29, 1.82) is 5.26 Å². The number of benzene rings is 1. The molecule has 0 aliphatic heterocycles. The average molecular weight is 164 g/mol. The van der Waals surface area contributed by atoms with Crippen LogP contribution in [-0.2, 0) is 0 Å². The van der Waals surface area contributed by atoms with E-state index in [2.05, 4.69) is 0 Å². The van der Waals surface area contributed by atoms with Crippen LogP contribution in [0, 0.1) is 17.3 Å². The van der Waals surface area contributed by atoms with Crippen LogP contribution in [0.25, 0.3) is 0 Å². The molecule has 0 unspecified atom stereocenters. The van der Waals surface area contributed by atoms with Crippen molar-refractivity contribution in [2.75, 3.05) is 11.4 Å². The lowest BCUT2D eigenvalue weighted by Crippen LogP contribution is -2.14. The Hall–Kier alpha value is -1.56. The van der Waals surface area contributed by atoms with Crippen molar-refractivity contribution in [1.82, 2.24) is 0 Å². The van der Waals surface area contributed by atoms with Gasteiger partial charge in [-0.1, -0.05) is 0 Å². The van der Waals surface area contributed by atoms with Gasteiger partial charge in [0, 0.05) is 6.54 Å². The van der Waals surface area contributed by atoms with Crippen LogP contribution in [0.5, 0.6) is 0 Å². The first-order valence-electron chi connectivity index (χ1n) is 3.70. The molecule has 0 aliphatic carbocycles. The molecule has 0 bridgehead atoms. The normalized spacial score (nSPS) is 9.08. The molecule has 12 heavy (non-hydrogen) atoms. The fourth-order valence-electron chi connectivity index (χ4n) is 0.932. The highest BCUT2D eigenvalue weighted by Gasteiger charge is 2.00. The van der Waals surface area contributed by atoms with Gasteiger partial charge in [0.2, 0.25) is 0 Å². The Bertz CT molecular complexity index is 286. The molecule has 0 saturated heterocycles. The molecule has 1 rings (SSSR count). The standard InChI is InChI=1S/C9H9FN2/c1-2-12(7-11)9-5-3-8(10)4-6-9/h3-6H,2H2,1H3. The highest BCUT2D eigenvalue weighted by molar-refractivity contribution is 5.49. The predicted octanol–water partition coefficient (Wildman–Crippen LogP) is 2.13. The Morgan fingerprint density at radius 1 is 1.42 bits per heavy atom. The first-order chi connectivity index (χ1) is 5.77. The van der Waals surface area contributed by atoms with Crippen molar-refractivity contribution in [2.24, 2.45) is 0 Å². The number of rotatable bonds is 2. The Kier molecular flexibility index (Phi) is 2.65. The van der Waals surface area contributed by atoms with E-state index in [4.69, 9.17) is 5.26 Å². The Labute approximate surface area is 70.8 Å². The van der Waals surface area contributed by atoms with Crippen molar-refractivity contribution in [3.8, 4) is 6.19 Å². The quantitative estimate of drug-likeness (QED) is 0.494. The maximum absolute atomic E-state index is 12.5. The van der Waals surface area contributed by atoms with Crippen LogP contribution >= 0.6 is 0 Å². The molecular formula is C9H9FN2. The molecule has 62 valence electrons. The van der Waals surface area contributed by atoms with E-state index in [1.165, 1.54) is 17.0 Å². The van der Waals surface area contributed by atoms with Gasteiger partial charge in [-0.15, -0.1) is 0 Å². The fourth-order valence-corrected chi connectivity index (χ4v) is 0.932. The molecule has 2 nitrogen and oxygen atoms in total. The molecule has 0 heterocycles. The summed E-state index contributed by atoms with van der Waals surface area (Å²) in [6.45, 7) is 2.47. The van der Waals surface area contributed by atoms with Crippen LogP contribution in [0.3, 0.4) is 0 Å². The lowest BCUT2D eigenvalue weighted by atomic mass is 10.3. The molecule has 1 aromatic rings. The van der Waals surface area contributed by atoms with Gasteiger partial charge in [0.05, 0.1) is 5.69 Å². The topological polar surface area (TPSA) is 27.0 Å². The molecule has 0 aromatic heterocycles. The maximum atomic E-state index is 12.5. The molecular weight excluding hydrogens is 155 g/mol. The van der Waals surface area contributed by atoms with Crippen LogP contribution in [0.15, 0.2) is 24.3 Å². The summed E-state index contributed by atoms with van der Waals surface area (Å²) in [5.41, 5.74) is 0.724. The van der Waals surface area contributed by atoms with Gasteiger partial charge in [-0.25, -0.2) is 4.39 Å². The minimum absolute atomic E-state index is 0.284. The molecule has 0 aliphatic rings. The highest BCUT2D eigenvalue weighted by atomic mass is 19.1. The zero-order chi connectivity index (χ0) is 8.97. The average Bonchev–Trinajstić information content (AvgIpc) is 2.10.